The molecule has 590 valence electrons. The predicted molar refractivity (Wildman–Crippen MR) is 461 cm³/mol. The van der Waals surface area contributed by atoms with Crippen LogP contribution in [0.2, 0.25) is 0 Å². The summed E-state index contributed by atoms with van der Waals surface area (Å²) in [4.78, 5) is 54.5. The molecular weight excluding hydrogens is 1500 g/mol. The van der Waals surface area contributed by atoms with Gasteiger partial charge < -0.3 is 14.3 Å². The van der Waals surface area contributed by atoms with Crippen molar-refractivity contribution >= 4 is 66.3 Å². The first kappa shape index (κ1) is 95.1. The van der Waals surface area contributed by atoms with E-state index in [4.69, 9.17) is 0 Å². The highest BCUT2D eigenvalue weighted by Gasteiger charge is 1.96. The molecular formula is C85H99N23O2S4. The molecule has 0 radical (unpaired) electrons. The van der Waals surface area contributed by atoms with Gasteiger partial charge in [-0.15, -0.1) is 55.5 Å². The van der Waals surface area contributed by atoms with E-state index in [-0.39, 0.29) is 0 Å². The lowest BCUT2D eigenvalue weighted by Crippen LogP contribution is -2.28. The van der Waals surface area contributed by atoms with E-state index < -0.39 is 0 Å². The number of nitrogens with one attached hydrogen (secondary N) is 1. The van der Waals surface area contributed by atoms with E-state index in [0.717, 1.165) is 76.4 Å². The van der Waals surface area contributed by atoms with Crippen LogP contribution in [0.15, 0.2) is 309 Å². The van der Waals surface area contributed by atoms with Crippen LogP contribution in [0.1, 0.15) is 82.8 Å². The van der Waals surface area contributed by atoms with E-state index in [1.54, 1.807) is 188 Å². The summed E-state index contributed by atoms with van der Waals surface area (Å²) < 4.78 is 8.46. The SMILES string of the molecule is Cc1ccc2ccccc2c1.Cc1cccc[n+]1[O-].Cc1ccccn1.Cc1cccnc1.Cc1ccncn1.Cc1ccnnc1.Cc1ccon1.Cc1cn[nH]c1.Cc1cnccn1.Cc1cncnc1.Cc1cscn1.Cc1nc2ccccc2s1.Cc1ncccn1.Cc1nccs1.Cc1nncs1.Cn1ccnc1. The lowest BCUT2D eigenvalue weighted by atomic mass is 10.1. The van der Waals surface area contributed by atoms with Crippen molar-refractivity contribution in [2.75, 3.05) is 0 Å². The summed E-state index contributed by atoms with van der Waals surface area (Å²) in [5, 5.41) is 44.9. The van der Waals surface area contributed by atoms with Gasteiger partial charge in [0.2, 0.25) is 0 Å². The predicted octanol–water partition coefficient (Wildman–Crippen LogP) is 19.0. The number of aryl methyl sites for hydroxylation is 16. The number of rotatable bonds is 0. The van der Waals surface area contributed by atoms with Gasteiger partial charge in [-0.05, 0) is 178 Å². The number of pyridine rings is 3. The summed E-state index contributed by atoms with van der Waals surface area (Å²) in [5.74, 6) is 0.822. The van der Waals surface area contributed by atoms with Gasteiger partial charge in [0.05, 0.1) is 55.9 Å². The molecule has 0 saturated carbocycles. The zero-order valence-corrected chi connectivity index (χ0v) is 70.4. The molecule has 0 aliphatic heterocycles. The quantitative estimate of drug-likeness (QED) is 0.109. The zero-order chi connectivity index (χ0) is 82.9. The van der Waals surface area contributed by atoms with Gasteiger partial charge in [-0.3, -0.25) is 35.0 Å². The van der Waals surface area contributed by atoms with Crippen molar-refractivity contribution in [3.8, 4) is 0 Å². The van der Waals surface area contributed by atoms with Gasteiger partial charge in [-0.2, -0.15) is 20.0 Å². The highest BCUT2D eigenvalue weighted by molar-refractivity contribution is 7.18. The number of imidazole rings is 1. The summed E-state index contributed by atoms with van der Waals surface area (Å²) in [6.45, 7) is 29.3. The topological polar surface area (TPSA) is 319 Å². The molecule has 15 heterocycles. The fraction of sp³-hybridized carbons (Fsp3) is 0.188. The molecule has 0 aliphatic carbocycles. The normalized spacial score (nSPS) is 9.09. The molecule has 15 aromatic heterocycles. The molecule has 25 nitrogen and oxygen atoms in total. The second-order valence-electron chi connectivity index (χ2n) is 23.3. The number of aromatic amines is 1. The maximum Gasteiger partial charge on any atom is 0.189 e. The number of fused-ring (bicyclic) bond motifs is 2. The summed E-state index contributed by atoms with van der Waals surface area (Å²) in [5.41, 5.74) is 16.4. The van der Waals surface area contributed by atoms with E-state index in [1.165, 1.54) is 51.0 Å². The second-order valence-corrected chi connectivity index (χ2v) is 27.4. The molecule has 0 bridgehead atoms. The Morgan fingerprint density at radius 2 is 1.14 bits per heavy atom. The molecule has 0 saturated heterocycles. The summed E-state index contributed by atoms with van der Waals surface area (Å²) in [6, 6.07) is 45.6. The minimum absolute atomic E-state index is 0.729. The van der Waals surface area contributed by atoms with Gasteiger partial charge in [0.25, 0.3) is 0 Å². The minimum Gasteiger partial charge on any atom is -0.619 e. The maximum atomic E-state index is 10.5. The molecule has 0 spiro atoms. The van der Waals surface area contributed by atoms with Gasteiger partial charge in [0.1, 0.15) is 35.3 Å². The summed E-state index contributed by atoms with van der Waals surface area (Å²) in [7, 11) is 1.94. The van der Waals surface area contributed by atoms with Crippen molar-refractivity contribution in [3.63, 3.8) is 0 Å². The smallest absolute Gasteiger partial charge is 0.189 e. The number of benzene rings is 3. The van der Waals surface area contributed by atoms with Crippen LogP contribution in [0.5, 0.6) is 0 Å². The van der Waals surface area contributed by atoms with Gasteiger partial charge in [0.15, 0.2) is 11.9 Å². The lowest BCUT2D eigenvalue weighted by Gasteiger charge is -1.96. The highest BCUT2D eigenvalue weighted by Crippen LogP contribution is 2.20. The Morgan fingerprint density at radius 1 is 0.430 bits per heavy atom. The standard InChI is InChI=1S/C11H10.C8H7NS.C6H7NO.2C6H7N.5C5H6N2.2C4H6N2.C4H5NO.2C4H5NS.C3H4N2S/c1-9-6-7-10-4-2-3-5-11(10)8-9;1-6-9-7-4-2-3-5-8(7)10-6;1-6-4-2-3-5-7(6)8;1-6-3-2-4-7-5-6;1-6-4-2-3-5-7-6;1-5-2-6-4-7-3-5;1-5-4-6-2-3-7-5;1-5-2-3-6-4-7-5;1-5-2-3-6-7-4-5;1-5-6-3-2-4-7-5;1-4-2-5-6-3-4;1-6-3-2-5-4-6;1-4-2-3-6-5-4;1-4-2-6-3-5-4;1-4-5-2-3-6-4;1-3-5-4-2-6-3/h2-8H,1H3;2-5H,1H3;2-5H,1H3;2*2-5H,1H3;5*2-4H,1H3;2-3H,1H3,(H,5,6);2-4H,1H3;3*2-3H,1H3;2H,1H3. The number of hydrogen-bond acceptors (Lipinski definition) is 26. The van der Waals surface area contributed by atoms with Crippen LogP contribution in [0.4, 0.5) is 0 Å². The Labute approximate surface area is 684 Å². The third-order valence-corrected chi connectivity index (χ3v) is 15.9. The van der Waals surface area contributed by atoms with Gasteiger partial charge >= 0.3 is 0 Å². The molecule has 0 atom stereocenters. The summed E-state index contributed by atoms with van der Waals surface area (Å²) in [6.07, 6.45) is 39.5. The van der Waals surface area contributed by atoms with Crippen LogP contribution >= 0.6 is 45.3 Å². The van der Waals surface area contributed by atoms with Crippen LogP contribution in [0.3, 0.4) is 0 Å². The largest absolute Gasteiger partial charge is 0.619 e. The molecule has 114 heavy (non-hydrogen) atoms. The van der Waals surface area contributed by atoms with Crippen molar-refractivity contribution in [2.24, 2.45) is 7.05 Å². The minimum atomic E-state index is 0.729. The number of para-hydroxylation sites is 1. The second kappa shape index (κ2) is 61.7. The van der Waals surface area contributed by atoms with Crippen molar-refractivity contribution in [1.82, 2.24) is 110 Å². The van der Waals surface area contributed by atoms with Crippen molar-refractivity contribution < 1.29 is 9.25 Å². The van der Waals surface area contributed by atoms with Crippen LogP contribution in [-0.2, 0) is 7.05 Å². The number of hydrogen-bond donors (Lipinski definition) is 1. The van der Waals surface area contributed by atoms with Gasteiger partial charge in [-0.1, -0.05) is 83.5 Å². The Balaban J connectivity index is 0.000000316. The lowest BCUT2D eigenvalue weighted by molar-refractivity contribution is -0.612. The molecule has 29 heteroatoms. The van der Waals surface area contributed by atoms with E-state index in [0.29, 0.717) is 0 Å². The third-order valence-electron chi connectivity index (χ3n) is 12.9. The Kier molecular flexibility index (Phi) is 51.4. The Morgan fingerprint density at radius 3 is 1.49 bits per heavy atom. The average molecular weight is 1600 g/mol. The molecule has 1 N–H and O–H groups in total. The van der Waals surface area contributed by atoms with Gasteiger partial charge in [0, 0.05) is 159 Å². The number of nitrogens with zero attached hydrogens (tertiary/aromatic N) is 22. The molecule has 0 amide bonds. The molecule has 0 unspecified atom stereocenters. The first-order chi connectivity index (χ1) is 55.1. The highest BCUT2D eigenvalue weighted by atomic mass is 32.1. The van der Waals surface area contributed by atoms with Crippen LogP contribution in [0, 0.1) is 109 Å². The van der Waals surface area contributed by atoms with Crippen LogP contribution in [-0.4, -0.2) is 110 Å². The van der Waals surface area contributed by atoms with Gasteiger partial charge in [-0.25, -0.2) is 39.9 Å². The maximum absolute atomic E-state index is 10.5. The Bertz CT molecular complexity index is 4420. The average Bonchev–Trinajstić information content (AvgIpc) is 1.65. The fourth-order valence-electron chi connectivity index (χ4n) is 7.25. The van der Waals surface area contributed by atoms with Crippen LogP contribution < -0.4 is 4.73 Å². The molecule has 0 aliphatic rings. The van der Waals surface area contributed by atoms with Crippen LogP contribution in [0.25, 0.3) is 21.0 Å². The van der Waals surface area contributed by atoms with E-state index in [1.807, 2.05) is 203 Å². The molecule has 18 rings (SSSR count). The number of aromatic nitrogens is 23. The molecule has 3 aromatic carbocycles. The summed E-state index contributed by atoms with van der Waals surface area (Å²) >= 11 is 6.59. The van der Waals surface area contributed by atoms with E-state index in [9.17, 15) is 5.21 Å². The van der Waals surface area contributed by atoms with Crippen molar-refractivity contribution in [3.05, 3.63) is 392 Å². The first-order valence-corrected chi connectivity index (χ1v) is 38.7. The number of thiazole rings is 3. The van der Waals surface area contributed by atoms with Crippen molar-refractivity contribution in [1.29, 1.82) is 0 Å². The number of H-pyrrole nitrogens is 1. The molecule has 0 fully saturated rings. The van der Waals surface area contributed by atoms with E-state index >= 15 is 0 Å². The third kappa shape index (κ3) is 52.1. The molecule has 18 aromatic rings. The zero-order valence-electron chi connectivity index (χ0n) is 67.2. The van der Waals surface area contributed by atoms with Crippen molar-refractivity contribution in [2.45, 2.75) is 104 Å². The van der Waals surface area contributed by atoms with E-state index in [2.05, 4.69) is 166 Å². The first-order valence-electron chi connectivity index (χ1n) is 35.1. The fourth-order valence-corrected chi connectivity index (χ4v) is 9.41. The Hall–Kier alpha value is -13.1. The monoisotopic (exact) mass is 1600 g/mol.